The van der Waals surface area contributed by atoms with Crippen LogP contribution in [0.3, 0.4) is 0 Å². The van der Waals surface area contributed by atoms with Gasteiger partial charge in [-0.1, -0.05) is 6.07 Å². The minimum absolute atomic E-state index is 0.300. The molecule has 7 nitrogen and oxygen atoms in total. The van der Waals surface area contributed by atoms with Gasteiger partial charge >= 0.3 is 0 Å². The molecule has 0 unspecified atom stereocenters. The van der Waals surface area contributed by atoms with E-state index in [4.69, 9.17) is 11.0 Å². The highest BCUT2D eigenvalue weighted by atomic mass is 16.2. The van der Waals surface area contributed by atoms with Gasteiger partial charge in [-0.25, -0.2) is 0 Å². The molecule has 0 saturated carbocycles. The molecule has 1 aromatic rings. The van der Waals surface area contributed by atoms with Crippen molar-refractivity contribution in [3.05, 3.63) is 29.8 Å². The lowest BCUT2D eigenvalue weighted by atomic mass is 10.2. The summed E-state index contributed by atoms with van der Waals surface area (Å²) >= 11 is 0. The molecule has 0 aliphatic heterocycles. The number of carbonyl (C=O) groups excluding carboxylic acids is 2. The normalized spacial score (nSPS) is 10.3. The van der Waals surface area contributed by atoms with Gasteiger partial charge < -0.3 is 11.1 Å². The highest BCUT2D eigenvalue weighted by Crippen LogP contribution is 2.09. The fourth-order valence-corrected chi connectivity index (χ4v) is 1.11. The van der Waals surface area contributed by atoms with Gasteiger partial charge in [-0.05, 0) is 18.2 Å². The van der Waals surface area contributed by atoms with E-state index in [1.54, 1.807) is 24.3 Å². The number of benzene rings is 1. The Morgan fingerprint density at radius 3 is 2.72 bits per heavy atom. The van der Waals surface area contributed by atoms with Gasteiger partial charge in [0.15, 0.2) is 0 Å². The molecular weight excluding hydrogens is 234 g/mol. The first-order valence-corrected chi connectivity index (χ1v) is 4.94. The van der Waals surface area contributed by atoms with Crippen LogP contribution in [0.1, 0.15) is 10.4 Å². The second-order valence-electron chi connectivity index (χ2n) is 3.21. The zero-order chi connectivity index (χ0) is 13.5. The first-order chi connectivity index (χ1) is 8.58. The maximum atomic E-state index is 11.2. The second-order valence-corrected chi connectivity index (χ2v) is 3.21. The average molecular weight is 245 g/mol. The van der Waals surface area contributed by atoms with Crippen molar-refractivity contribution in [3.63, 3.8) is 0 Å². The Labute approximate surface area is 103 Å². The summed E-state index contributed by atoms with van der Waals surface area (Å²) in [5, 5.41) is 14.6. The number of nitriles is 1. The Kier molecular flexibility index (Phi) is 4.40. The number of nitrogens with zero attached hydrogens (tertiary/aromatic N) is 2. The first kappa shape index (κ1) is 13.2. The van der Waals surface area contributed by atoms with Gasteiger partial charge in [-0.15, -0.1) is 0 Å². The van der Waals surface area contributed by atoms with Crippen LogP contribution < -0.4 is 16.5 Å². The Hall–Kier alpha value is -2.88. The second kappa shape index (κ2) is 6.00. The SMILES string of the molecule is CNC(=O)C(C#N)=NNc1cccc(C(N)=O)c1. The molecule has 0 fully saturated rings. The van der Waals surface area contributed by atoms with Crippen molar-refractivity contribution in [2.45, 2.75) is 0 Å². The van der Waals surface area contributed by atoms with E-state index in [-0.39, 0.29) is 5.71 Å². The summed E-state index contributed by atoms with van der Waals surface area (Å²) in [6.07, 6.45) is 0. The summed E-state index contributed by atoms with van der Waals surface area (Å²) in [5.41, 5.74) is 8.05. The molecule has 0 radical (unpaired) electrons. The Morgan fingerprint density at radius 2 is 2.17 bits per heavy atom. The molecule has 1 rings (SSSR count). The molecule has 92 valence electrons. The lowest BCUT2D eigenvalue weighted by Crippen LogP contribution is -2.27. The van der Waals surface area contributed by atoms with E-state index in [2.05, 4.69) is 15.8 Å². The fourth-order valence-electron chi connectivity index (χ4n) is 1.11. The topological polar surface area (TPSA) is 120 Å². The summed E-state index contributed by atoms with van der Waals surface area (Å²) in [6, 6.07) is 7.87. The predicted molar refractivity (Wildman–Crippen MR) is 65.7 cm³/mol. The van der Waals surface area contributed by atoms with Crippen LogP contribution in [0, 0.1) is 11.3 Å². The standard InChI is InChI=1S/C11H11N5O2/c1-14-11(18)9(6-12)16-15-8-4-2-3-7(5-8)10(13)17/h2-5,15H,1H3,(H2,13,17)(H,14,18). The number of amides is 2. The summed E-state index contributed by atoms with van der Waals surface area (Å²) in [7, 11) is 1.39. The lowest BCUT2D eigenvalue weighted by Gasteiger charge is -2.02. The molecular formula is C11H11N5O2. The molecule has 0 atom stereocenters. The molecule has 0 spiro atoms. The van der Waals surface area contributed by atoms with Crippen LogP contribution in [0.25, 0.3) is 0 Å². The van der Waals surface area contributed by atoms with Gasteiger partial charge in [0.1, 0.15) is 6.07 Å². The van der Waals surface area contributed by atoms with Crippen LogP contribution in [0.2, 0.25) is 0 Å². The van der Waals surface area contributed by atoms with Crippen LogP contribution in [0.5, 0.6) is 0 Å². The van der Waals surface area contributed by atoms with Crippen molar-refractivity contribution < 1.29 is 9.59 Å². The van der Waals surface area contributed by atoms with Gasteiger partial charge in [-0.2, -0.15) is 10.4 Å². The van der Waals surface area contributed by atoms with Crippen LogP contribution in [-0.2, 0) is 4.79 Å². The number of nitrogens with two attached hydrogens (primary N) is 1. The largest absolute Gasteiger partial charge is 0.366 e. The molecule has 0 saturated heterocycles. The molecule has 0 heterocycles. The molecule has 0 aliphatic carbocycles. The molecule has 2 amide bonds. The van der Waals surface area contributed by atoms with E-state index in [0.717, 1.165) is 0 Å². The number of anilines is 1. The van der Waals surface area contributed by atoms with E-state index < -0.39 is 11.8 Å². The van der Waals surface area contributed by atoms with Gasteiger partial charge in [-0.3, -0.25) is 15.0 Å². The summed E-state index contributed by atoms with van der Waals surface area (Å²) in [6.45, 7) is 0. The number of carbonyl (C=O) groups is 2. The van der Waals surface area contributed by atoms with Crippen molar-refractivity contribution in [3.8, 4) is 6.07 Å². The van der Waals surface area contributed by atoms with Gasteiger partial charge in [0.2, 0.25) is 11.6 Å². The summed E-state index contributed by atoms with van der Waals surface area (Å²) in [4.78, 5) is 22.1. The number of hydrazone groups is 1. The Bertz CT molecular complexity index is 545. The van der Waals surface area contributed by atoms with Crippen LogP contribution in [0.15, 0.2) is 29.4 Å². The maximum Gasteiger partial charge on any atom is 0.282 e. The average Bonchev–Trinajstić information content (AvgIpc) is 2.39. The molecule has 0 aromatic heterocycles. The zero-order valence-electron chi connectivity index (χ0n) is 9.60. The van der Waals surface area contributed by atoms with Crippen molar-refractivity contribution in [2.75, 3.05) is 12.5 Å². The van der Waals surface area contributed by atoms with E-state index >= 15 is 0 Å². The predicted octanol–water partition coefficient (Wildman–Crippen LogP) is -0.177. The van der Waals surface area contributed by atoms with Crippen LogP contribution in [0.4, 0.5) is 5.69 Å². The smallest absolute Gasteiger partial charge is 0.282 e. The molecule has 1 aromatic carbocycles. The Balaban J connectivity index is 2.89. The highest BCUT2D eigenvalue weighted by Gasteiger charge is 2.08. The van der Waals surface area contributed by atoms with Gasteiger partial charge in [0.05, 0.1) is 5.69 Å². The van der Waals surface area contributed by atoms with Crippen LogP contribution >= 0.6 is 0 Å². The van der Waals surface area contributed by atoms with Gasteiger partial charge in [0, 0.05) is 12.6 Å². The number of primary amides is 1. The number of rotatable bonds is 4. The van der Waals surface area contributed by atoms with Crippen molar-refractivity contribution in [1.29, 1.82) is 5.26 Å². The van der Waals surface area contributed by atoms with Crippen molar-refractivity contribution >= 4 is 23.2 Å². The molecule has 7 heteroatoms. The zero-order valence-corrected chi connectivity index (χ0v) is 9.60. The monoisotopic (exact) mass is 245 g/mol. The maximum absolute atomic E-state index is 11.2. The minimum Gasteiger partial charge on any atom is -0.366 e. The van der Waals surface area contributed by atoms with Gasteiger partial charge in [0.25, 0.3) is 5.91 Å². The van der Waals surface area contributed by atoms with E-state index in [1.807, 2.05) is 0 Å². The third-order valence-electron chi connectivity index (χ3n) is 1.99. The fraction of sp³-hybridized carbons (Fsp3) is 0.0909. The minimum atomic E-state index is -0.601. The number of nitrogens with one attached hydrogen (secondary N) is 2. The molecule has 18 heavy (non-hydrogen) atoms. The Morgan fingerprint density at radius 1 is 1.44 bits per heavy atom. The number of hydrogen-bond donors (Lipinski definition) is 3. The summed E-state index contributed by atoms with van der Waals surface area (Å²) < 4.78 is 0. The van der Waals surface area contributed by atoms with Crippen molar-refractivity contribution in [1.82, 2.24) is 5.32 Å². The molecule has 4 N–H and O–H groups in total. The quantitative estimate of drug-likeness (QED) is 0.503. The molecule has 0 bridgehead atoms. The van der Waals surface area contributed by atoms with E-state index in [9.17, 15) is 9.59 Å². The summed E-state index contributed by atoms with van der Waals surface area (Å²) in [5.74, 6) is -1.18. The lowest BCUT2D eigenvalue weighted by molar-refractivity contribution is -0.114. The third-order valence-corrected chi connectivity index (χ3v) is 1.99. The number of hydrogen-bond acceptors (Lipinski definition) is 5. The van der Waals surface area contributed by atoms with Crippen LogP contribution in [-0.4, -0.2) is 24.6 Å². The third kappa shape index (κ3) is 3.31. The molecule has 0 aliphatic rings. The van der Waals surface area contributed by atoms with E-state index in [0.29, 0.717) is 11.3 Å². The highest BCUT2D eigenvalue weighted by molar-refractivity contribution is 6.45. The van der Waals surface area contributed by atoms with E-state index in [1.165, 1.54) is 13.1 Å². The first-order valence-electron chi connectivity index (χ1n) is 4.94. The van der Waals surface area contributed by atoms with Crippen molar-refractivity contribution in [2.24, 2.45) is 10.8 Å².